The van der Waals surface area contributed by atoms with Crippen LogP contribution in [0.1, 0.15) is 24.4 Å². The van der Waals surface area contributed by atoms with Gasteiger partial charge >= 0.3 is 0 Å². The number of aromatic nitrogens is 2. The van der Waals surface area contributed by atoms with Gasteiger partial charge in [-0.05, 0) is 30.9 Å². The van der Waals surface area contributed by atoms with Crippen molar-refractivity contribution in [1.82, 2.24) is 15.0 Å². The number of nitrogens with one attached hydrogen (secondary N) is 1. The van der Waals surface area contributed by atoms with Crippen LogP contribution in [0.15, 0.2) is 41.6 Å². The van der Waals surface area contributed by atoms with Gasteiger partial charge in [0.05, 0.1) is 0 Å². The van der Waals surface area contributed by atoms with Gasteiger partial charge in [-0.25, -0.2) is 10.4 Å². The van der Waals surface area contributed by atoms with E-state index in [2.05, 4.69) is 52.4 Å². The molecule has 0 radical (unpaired) electrons. The van der Waals surface area contributed by atoms with Crippen molar-refractivity contribution in [3.05, 3.63) is 48.0 Å². The Hall–Kier alpha value is -1.30. The van der Waals surface area contributed by atoms with E-state index in [4.69, 9.17) is 5.84 Å². The summed E-state index contributed by atoms with van der Waals surface area (Å²) in [5.74, 6) is 6.62. The monoisotopic (exact) mass is 262 g/mol. The molecule has 18 heavy (non-hydrogen) atoms. The van der Waals surface area contributed by atoms with Crippen LogP contribution >= 0.6 is 11.8 Å². The summed E-state index contributed by atoms with van der Waals surface area (Å²) in [7, 11) is 0. The zero-order valence-electron chi connectivity index (χ0n) is 10.6. The molecule has 1 aromatic carbocycles. The first kappa shape index (κ1) is 13.1. The van der Waals surface area contributed by atoms with Gasteiger partial charge in [-0.3, -0.25) is 5.84 Å². The second-order valence-electron chi connectivity index (χ2n) is 3.94. The number of nitrogens with zero attached hydrogens (tertiary/aromatic N) is 2. The lowest BCUT2D eigenvalue weighted by molar-refractivity contribution is 0.561. The highest BCUT2D eigenvalue weighted by atomic mass is 32.2. The van der Waals surface area contributed by atoms with Gasteiger partial charge in [-0.15, -0.1) is 11.8 Å². The topological polar surface area (TPSA) is 55.9 Å². The van der Waals surface area contributed by atoms with Gasteiger partial charge in [0, 0.05) is 23.8 Å². The third-order valence-electron chi connectivity index (χ3n) is 2.96. The molecular formula is C13H18N4S. The lowest BCUT2D eigenvalue weighted by Crippen LogP contribution is -2.31. The Morgan fingerprint density at radius 1 is 1.39 bits per heavy atom. The van der Waals surface area contributed by atoms with Gasteiger partial charge in [0.2, 0.25) is 0 Å². The van der Waals surface area contributed by atoms with E-state index in [-0.39, 0.29) is 6.04 Å². The summed E-state index contributed by atoms with van der Waals surface area (Å²) in [5.41, 5.74) is 3.96. The van der Waals surface area contributed by atoms with Gasteiger partial charge in [-0.1, -0.05) is 12.1 Å². The average Bonchev–Trinajstić information content (AvgIpc) is 2.89. The predicted octanol–water partition coefficient (Wildman–Crippen LogP) is 2.18. The van der Waals surface area contributed by atoms with Crippen molar-refractivity contribution in [1.29, 1.82) is 0 Å². The molecule has 2 rings (SSSR count). The summed E-state index contributed by atoms with van der Waals surface area (Å²) < 4.78 is 2.09. The first-order valence-corrected chi connectivity index (χ1v) is 7.13. The van der Waals surface area contributed by atoms with Crippen LogP contribution in [-0.2, 0) is 6.54 Å². The van der Waals surface area contributed by atoms with Crippen LogP contribution in [0.5, 0.6) is 0 Å². The van der Waals surface area contributed by atoms with E-state index >= 15 is 0 Å². The summed E-state index contributed by atoms with van der Waals surface area (Å²) in [6, 6.07) is 8.30. The van der Waals surface area contributed by atoms with E-state index in [1.165, 1.54) is 4.90 Å². The van der Waals surface area contributed by atoms with Crippen LogP contribution in [0, 0.1) is 0 Å². The molecule has 1 unspecified atom stereocenters. The Balaban J connectivity index is 2.32. The maximum Gasteiger partial charge on any atom is 0.131 e. The van der Waals surface area contributed by atoms with Crippen LogP contribution in [-0.4, -0.2) is 15.8 Å². The van der Waals surface area contributed by atoms with Gasteiger partial charge in [-0.2, -0.15) is 0 Å². The zero-order chi connectivity index (χ0) is 13.0. The Bertz CT molecular complexity index is 492. The third kappa shape index (κ3) is 2.58. The fourth-order valence-corrected chi connectivity index (χ4v) is 2.37. The molecule has 0 aliphatic rings. The molecule has 5 heteroatoms. The highest BCUT2D eigenvalue weighted by Crippen LogP contribution is 2.23. The molecule has 3 N–H and O–H groups in total. The largest absolute Gasteiger partial charge is 0.334 e. The highest BCUT2D eigenvalue weighted by molar-refractivity contribution is 7.98. The number of hydrogen-bond donors (Lipinski definition) is 2. The number of hydrogen-bond acceptors (Lipinski definition) is 4. The summed E-state index contributed by atoms with van der Waals surface area (Å²) in [5, 5.41) is 0. The number of aryl methyl sites for hydroxylation is 1. The predicted molar refractivity (Wildman–Crippen MR) is 75.3 cm³/mol. The van der Waals surface area contributed by atoms with E-state index in [0.29, 0.717) is 0 Å². The number of hydrazine groups is 1. The highest BCUT2D eigenvalue weighted by Gasteiger charge is 2.17. The molecule has 0 saturated heterocycles. The van der Waals surface area contributed by atoms with Crippen molar-refractivity contribution in [3.63, 3.8) is 0 Å². The van der Waals surface area contributed by atoms with Gasteiger partial charge in [0.1, 0.15) is 11.9 Å². The minimum atomic E-state index is -0.0733. The van der Waals surface area contributed by atoms with E-state index < -0.39 is 0 Å². The normalized spacial score (nSPS) is 12.6. The third-order valence-corrected chi connectivity index (χ3v) is 3.71. The molecule has 0 aliphatic carbocycles. The van der Waals surface area contributed by atoms with Gasteiger partial charge in [0.25, 0.3) is 0 Å². The van der Waals surface area contributed by atoms with Crippen molar-refractivity contribution in [2.24, 2.45) is 5.84 Å². The van der Waals surface area contributed by atoms with Crippen LogP contribution in [0.2, 0.25) is 0 Å². The Kier molecular flexibility index (Phi) is 4.41. The summed E-state index contributed by atoms with van der Waals surface area (Å²) in [6.45, 7) is 2.98. The van der Waals surface area contributed by atoms with Crippen LogP contribution in [0.4, 0.5) is 0 Å². The molecule has 0 bridgehead atoms. The van der Waals surface area contributed by atoms with Crippen LogP contribution < -0.4 is 11.3 Å². The minimum absolute atomic E-state index is 0.0733. The fourth-order valence-electron chi connectivity index (χ4n) is 1.96. The number of imidazole rings is 1. The fraction of sp³-hybridized carbons (Fsp3) is 0.308. The molecule has 1 heterocycles. The standard InChI is InChI=1S/C13H18N4S/c1-3-17-9-8-15-13(17)12(16-14)10-4-6-11(18-2)7-5-10/h4-9,12,16H,3,14H2,1-2H3. The summed E-state index contributed by atoms with van der Waals surface area (Å²) >= 11 is 1.73. The molecule has 96 valence electrons. The number of benzene rings is 1. The molecular weight excluding hydrogens is 244 g/mol. The van der Waals surface area contributed by atoms with Crippen LogP contribution in [0.25, 0.3) is 0 Å². The second-order valence-corrected chi connectivity index (χ2v) is 4.82. The van der Waals surface area contributed by atoms with E-state index in [1.54, 1.807) is 18.0 Å². The summed E-state index contributed by atoms with van der Waals surface area (Å²) in [6.07, 6.45) is 5.84. The molecule has 0 amide bonds. The minimum Gasteiger partial charge on any atom is -0.334 e. The van der Waals surface area contributed by atoms with Crippen molar-refractivity contribution in [2.45, 2.75) is 24.4 Å². The maximum atomic E-state index is 5.68. The first-order chi connectivity index (χ1) is 8.80. The average molecular weight is 262 g/mol. The SMILES string of the molecule is CCn1ccnc1C(NN)c1ccc(SC)cc1. The Morgan fingerprint density at radius 2 is 2.11 bits per heavy atom. The van der Waals surface area contributed by atoms with E-state index in [9.17, 15) is 0 Å². The van der Waals surface area contributed by atoms with Crippen molar-refractivity contribution < 1.29 is 0 Å². The lowest BCUT2D eigenvalue weighted by Gasteiger charge is -2.17. The first-order valence-electron chi connectivity index (χ1n) is 5.91. The molecule has 1 aromatic heterocycles. The smallest absolute Gasteiger partial charge is 0.131 e. The number of rotatable bonds is 5. The second kappa shape index (κ2) is 6.04. The van der Waals surface area contributed by atoms with Gasteiger partial charge in [0.15, 0.2) is 0 Å². The molecule has 2 aromatic rings. The maximum absolute atomic E-state index is 5.68. The quantitative estimate of drug-likeness (QED) is 0.492. The number of thioether (sulfide) groups is 1. The lowest BCUT2D eigenvalue weighted by atomic mass is 10.1. The molecule has 0 aliphatic heterocycles. The van der Waals surface area contributed by atoms with Crippen molar-refractivity contribution in [3.8, 4) is 0 Å². The molecule has 0 spiro atoms. The van der Waals surface area contributed by atoms with Crippen molar-refractivity contribution >= 4 is 11.8 Å². The molecule has 4 nitrogen and oxygen atoms in total. The Morgan fingerprint density at radius 3 is 2.67 bits per heavy atom. The van der Waals surface area contributed by atoms with Crippen molar-refractivity contribution in [2.75, 3.05) is 6.26 Å². The molecule has 1 atom stereocenters. The Labute approximate surface area is 112 Å². The molecule has 0 fully saturated rings. The van der Waals surface area contributed by atoms with Gasteiger partial charge < -0.3 is 4.57 Å². The number of nitrogens with two attached hydrogens (primary N) is 1. The van der Waals surface area contributed by atoms with E-state index in [1.807, 2.05) is 6.20 Å². The van der Waals surface area contributed by atoms with E-state index in [0.717, 1.165) is 17.9 Å². The zero-order valence-corrected chi connectivity index (χ0v) is 11.4. The molecule has 0 saturated carbocycles. The van der Waals surface area contributed by atoms with Crippen LogP contribution in [0.3, 0.4) is 0 Å². The summed E-state index contributed by atoms with van der Waals surface area (Å²) in [4.78, 5) is 5.64.